The van der Waals surface area contributed by atoms with Crippen molar-refractivity contribution in [2.75, 3.05) is 12.3 Å². The molecule has 8 heteroatoms. The molecule has 0 radical (unpaired) electrons. The molecule has 28 heavy (non-hydrogen) atoms. The van der Waals surface area contributed by atoms with Crippen molar-refractivity contribution in [2.45, 2.75) is 38.3 Å². The van der Waals surface area contributed by atoms with Gasteiger partial charge < -0.3 is 15.2 Å². The number of hydrogen-bond donors (Lipinski definition) is 1. The number of benzene rings is 1. The highest BCUT2D eigenvalue weighted by atomic mass is 16.2. The smallest absolute Gasteiger partial charge is 0.258 e. The van der Waals surface area contributed by atoms with Gasteiger partial charge in [0.2, 0.25) is 5.95 Å². The lowest BCUT2D eigenvalue weighted by molar-refractivity contribution is 0.0679. The summed E-state index contributed by atoms with van der Waals surface area (Å²) in [5, 5.41) is 8.74. The zero-order chi connectivity index (χ0) is 19.3. The second-order valence-electron chi connectivity index (χ2n) is 7.51. The third-order valence-corrected chi connectivity index (χ3v) is 5.37. The lowest BCUT2D eigenvalue weighted by atomic mass is 10.1. The van der Waals surface area contributed by atoms with E-state index >= 15 is 0 Å². The van der Waals surface area contributed by atoms with Gasteiger partial charge in [-0.3, -0.25) is 4.79 Å². The summed E-state index contributed by atoms with van der Waals surface area (Å²) in [6, 6.07) is 9.70. The maximum absolute atomic E-state index is 13.4. The summed E-state index contributed by atoms with van der Waals surface area (Å²) in [7, 11) is 0. The van der Waals surface area contributed by atoms with E-state index in [-0.39, 0.29) is 17.9 Å². The van der Waals surface area contributed by atoms with E-state index in [1.165, 1.54) is 19.0 Å². The number of carbonyl (C=O) groups excluding carboxylic acids is 1. The summed E-state index contributed by atoms with van der Waals surface area (Å²) in [6.45, 7) is 3.14. The molecule has 1 aliphatic heterocycles. The van der Waals surface area contributed by atoms with Crippen molar-refractivity contribution >= 4 is 11.9 Å². The predicted octanol–water partition coefficient (Wildman–Crippen LogP) is 2.41. The van der Waals surface area contributed by atoms with E-state index in [0.29, 0.717) is 30.3 Å². The van der Waals surface area contributed by atoms with Gasteiger partial charge in [-0.2, -0.15) is 0 Å². The number of amides is 1. The molecule has 3 heterocycles. The first-order valence-corrected chi connectivity index (χ1v) is 9.52. The first-order valence-electron chi connectivity index (χ1n) is 9.52. The van der Waals surface area contributed by atoms with Crippen LogP contribution in [0.5, 0.6) is 0 Å². The molecule has 142 valence electrons. The number of carbonyl (C=O) groups is 1. The van der Waals surface area contributed by atoms with Crippen molar-refractivity contribution < 1.29 is 4.79 Å². The van der Waals surface area contributed by atoms with E-state index in [9.17, 15) is 4.79 Å². The van der Waals surface area contributed by atoms with Crippen molar-refractivity contribution in [1.29, 1.82) is 0 Å². The van der Waals surface area contributed by atoms with E-state index in [0.717, 1.165) is 17.2 Å². The van der Waals surface area contributed by atoms with Crippen LogP contribution in [-0.2, 0) is 6.54 Å². The molecule has 2 N–H and O–H groups in total. The van der Waals surface area contributed by atoms with Crippen LogP contribution in [0.4, 0.5) is 5.95 Å². The zero-order valence-corrected chi connectivity index (χ0v) is 15.6. The van der Waals surface area contributed by atoms with Crippen molar-refractivity contribution in [3.63, 3.8) is 0 Å². The average Bonchev–Trinajstić information content (AvgIpc) is 3.47. The minimum atomic E-state index is -0.118. The number of nitrogens with zero attached hydrogens (tertiary/aromatic N) is 6. The van der Waals surface area contributed by atoms with Crippen LogP contribution >= 0.6 is 0 Å². The molecule has 3 aromatic rings. The molecule has 1 aromatic carbocycles. The van der Waals surface area contributed by atoms with E-state index in [1.807, 2.05) is 30.3 Å². The Morgan fingerprint density at radius 1 is 1.18 bits per heavy atom. The Bertz CT molecular complexity index is 1040. The van der Waals surface area contributed by atoms with E-state index in [4.69, 9.17) is 5.73 Å². The molecule has 0 unspecified atom stereocenters. The second-order valence-corrected chi connectivity index (χ2v) is 7.51. The Morgan fingerprint density at radius 3 is 2.71 bits per heavy atom. The van der Waals surface area contributed by atoms with Gasteiger partial charge in [-0.1, -0.05) is 30.3 Å². The van der Waals surface area contributed by atoms with Crippen LogP contribution in [0, 0.1) is 0 Å². The number of nitrogens with two attached hydrogens (primary N) is 1. The predicted molar refractivity (Wildman–Crippen MR) is 103 cm³/mol. The fourth-order valence-corrected chi connectivity index (χ4v) is 3.87. The first-order chi connectivity index (χ1) is 13.6. The van der Waals surface area contributed by atoms with Crippen molar-refractivity contribution in [3.8, 4) is 11.3 Å². The molecular formula is C20H21N7O. The van der Waals surface area contributed by atoms with Gasteiger partial charge in [-0.15, -0.1) is 10.2 Å². The number of hydrogen-bond acceptors (Lipinski definition) is 6. The van der Waals surface area contributed by atoms with Crippen LogP contribution in [0.2, 0.25) is 0 Å². The lowest BCUT2D eigenvalue weighted by Crippen LogP contribution is -2.41. The van der Waals surface area contributed by atoms with E-state index < -0.39 is 0 Å². The summed E-state index contributed by atoms with van der Waals surface area (Å²) < 4.78 is 2.21. The fraction of sp³-hybridized carbons (Fsp3) is 0.350. The molecule has 0 bridgehead atoms. The van der Waals surface area contributed by atoms with Gasteiger partial charge in [-0.05, 0) is 19.8 Å². The summed E-state index contributed by atoms with van der Waals surface area (Å²) >= 11 is 0. The molecule has 8 nitrogen and oxygen atoms in total. The molecule has 0 spiro atoms. The van der Waals surface area contributed by atoms with Gasteiger partial charge in [0, 0.05) is 24.2 Å². The van der Waals surface area contributed by atoms with Crippen LogP contribution in [0.3, 0.4) is 0 Å². The molecule has 2 aliphatic rings. The minimum Gasteiger partial charge on any atom is -0.368 e. The minimum absolute atomic E-state index is 0.118. The Kier molecular flexibility index (Phi) is 3.85. The van der Waals surface area contributed by atoms with Crippen molar-refractivity contribution in [1.82, 2.24) is 29.6 Å². The Labute approximate surface area is 162 Å². The number of fused-ring (bicyclic) bond motifs is 1. The fourth-order valence-electron chi connectivity index (χ4n) is 3.87. The summed E-state index contributed by atoms with van der Waals surface area (Å²) in [5.41, 5.74) is 7.63. The molecule has 1 aliphatic carbocycles. The molecule has 1 saturated carbocycles. The van der Waals surface area contributed by atoms with Gasteiger partial charge in [0.05, 0.1) is 23.8 Å². The number of anilines is 1. The van der Waals surface area contributed by atoms with Gasteiger partial charge in [-0.25, -0.2) is 9.97 Å². The first kappa shape index (κ1) is 16.9. The van der Waals surface area contributed by atoms with Crippen LogP contribution in [0.1, 0.15) is 53.7 Å². The van der Waals surface area contributed by atoms with Crippen LogP contribution in [-0.4, -0.2) is 42.1 Å². The van der Waals surface area contributed by atoms with E-state index in [2.05, 4.69) is 31.7 Å². The third-order valence-electron chi connectivity index (χ3n) is 5.37. The van der Waals surface area contributed by atoms with Gasteiger partial charge in [0.25, 0.3) is 5.91 Å². The van der Waals surface area contributed by atoms with Gasteiger partial charge in [0.1, 0.15) is 5.82 Å². The topological polar surface area (TPSA) is 103 Å². The highest BCUT2D eigenvalue weighted by molar-refractivity contribution is 5.99. The number of nitrogen functional groups attached to an aromatic ring is 1. The average molecular weight is 375 g/mol. The largest absolute Gasteiger partial charge is 0.368 e. The quantitative estimate of drug-likeness (QED) is 0.754. The van der Waals surface area contributed by atoms with Crippen molar-refractivity contribution in [2.24, 2.45) is 0 Å². The van der Waals surface area contributed by atoms with E-state index in [1.54, 1.807) is 4.90 Å². The maximum atomic E-state index is 13.4. The maximum Gasteiger partial charge on any atom is 0.258 e. The standard InChI is InChI=1S/C20H21N7O/c1-12-10-26(11-16-24-25-18(27(12)16)14-7-8-14)19(28)15-9-22-20(21)23-17(15)13-5-3-2-4-6-13/h2-6,9,12,14H,7-8,10-11H2,1H3,(H2,21,22,23)/t12-/m0/s1. The van der Waals surface area contributed by atoms with Gasteiger partial charge >= 0.3 is 0 Å². The summed E-state index contributed by atoms with van der Waals surface area (Å²) in [6.07, 6.45) is 3.88. The second kappa shape index (κ2) is 6.40. The SMILES string of the molecule is C[C@H]1CN(C(=O)c2cnc(N)nc2-c2ccccc2)Cc2nnc(C3CC3)n21. The number of aromatic nitrogens is 5. The summed E-state index contributed by atoms with van der Waals surface area (Å²) in [4.78, 5) is 23.6. The van der Waals surface area contributed by atoms with Crippen LogP contribution in [0.15, 0.2) is 36.5 Å². The molecule has 0 saturated heterocycles. The molecule has 2 aromatic heterocycles. The molecule has 1 fully saturated rings. The zero-order valence-electron chi connectivity index (χ0n) is 15.6. The summed E-state index contributed by atoms with van der Waals surface area (Å²) in [5.74, 6) is 2.47. The third kappa shape index (κ3) is 2.81. The Morgan fingerprint density at radius 2 is 1.96 bits per heavy atom. The van der Waals surface area contributed by atoms with Gasteiger partial charge in [0.15, 0.2) is 5.82 Å². The molecule has 5 rings (SSSR count). The monoisotopic (exact) mass is 375 g/mol. The van der Waals surface area contributed by atoms with Crippen LogP contribution in [0.25, 0.3) is 11.3 Å². The van der Waals surface area contributed by atoms with Crippen molar-refractivity contribution in [3.05, 3.63) is 53.7 Å². The molecular weight excluding hydrogens is 354 g/mol. The Balaban J connectivity index is 1.49. The normalized spacial score (nSPS) is 18.8. The molecule has 1 atom stereocenters. The lowest BCUT2D eigenvalue weighted by Gasteiger charge is -2.33. The van der Waals surface area contributed by atoms with Crippen LogP contribution < -0.4 is 5.73 Å². The highest BCUT2D eigenvalue weighted by Crippen LogP contribution is 2.41. The Hall–Kier alpha value is -3.29. The highest BCUT2D eigenvalue weighted by Gasteiger charge is 2.36. The number of rotatable bonds is 3. The molecule has 1 amide bonds.